The van der Waals surface area contributed by atoms with Gasteiger partial charge in [-0.05, 0) is 99.6 Å². The zero-order valence-corrected chi connectivity index (χ0v) is 57.3. The van der Waals surface area contributed by atoms with Crippen LogP contribution in [0.1, 0.15) is 131 Å². The average molecular weight is 1310 g/mol. The molecule has 2 aromatic rings. The molecule has 11 amide bonds. The van der Waals surface area contributed by atoms with Crippen LogP contribution in [0.3, 0.4) is 0 Å². The van der Waals surface area contributed by atoms with E-state index in [1.165, 1.54) is 14.2 Å². The number of nitrogens with zero attached hydrogens (tertiary/aromatic N) is 3. The third kappa shape index (κ3) is 24.2. The second kappa shape index (κ2) is 38.8. The summed E-state index contributed by atoms with van der Waals surface area (Å²) in [5.74, 6) is -5.83. The average Bonchev–Trinajstić information content (AvgIpc) is 1.82. The fraction of sp³-hybridized carbons (Fsp3) is 0.672. The minimum Gasteiger partial charge on any atom is -0.379 e. The number of hydrogen-bond acceptors (Lipinski definition) is 15. The molecule has 11 atom stereocenters. The summed E-state index contributed by atoms with van der Waals surface area (Å²) in [5.41, 5.74) is 12.4. The van der Waals surface area contributed by atoms with E-state index in [2.05, 4.69) is 37.2 Å². The number of likely N-dealkylation sites (tertiary alicyclic amines) is 1. The summed E-state index contributed by atoms with van der Waals surface area (Å²) < 4.78 is 23.3. The molecule has 0 saturated carbocycles. The van der Waals surface area contributed by atoms with E-state index < -0.39 is 114 Å². The van der Waals surface area contributed by atoms with Crippen LogP contribution in [0.15, 0.2) is 54.6 Å². The van der Waals surface area contributed by atoms with Gasteiger partial charge in [0, 0.05) is 59.4 Å². The monoisotopic (exact) mass is 1300 g/mol. The van der Waals surface area contributed by atoms with Gasteiger partial charge in [-0.2, -0.15) is 0 Å². The van der Waals surface area contributed by atoms with Crippen LogP contribution >= 0.6 is 0 Å². The number of anilines is 1. The summed E-state index contributed by atoms with van der Waals surface area (Å²) in [7, 11) is 8.40. The highest BCUT2D eigenvalue weighted by molar-refractivity contribution is 5.98. The first kappa shape index (κ1) is 78.2. The van der Waals surface area contributed by atoms with Gasteiger partial charge in [0.25, 0.3) is 0 Å². The number of carbonyl (C=O) groups is 10. The Morgan fingerprint density at radius 2 is 1.32 bits per heavy atom. The smallest absolute Gasteiger partial charge is 0.312 e. The fourth-order valence-electron chi connectivity index (χ4n) is 12.2. The molecule has 0 radical (unpaired) electrons. The van der Waals surface area contributed by atoms with Crippen LogP contribution in [0.25, 0.3) is 0 Å². The number of carbonyl (C=O) groups excluding carboxylic acids is 10. The Morgan fingerprint density at radius 1 is 0.688 bits per heavy atom. The number of benzene rings is 2. The molecule has 2 aliphatic heterocycles. The maximum atomic E-state index is 14.6. The number of methoxy groups -OCH3 is 2. The summed E-state index contributed by atoms with van der Waals surface area (Å²) in [6.45, 7) is 17.8. The first-order valence-electron chi connectivity index (χ1n) is 32.8. The van der Waals surface area contributed by atoms with Gasteiger partial charge >= 0.3 is 6.03 Å². The van der Waals surface area contributed by atoms with Gasteiger partial charge in [-0.15, -0.1) is 0 Å². The Balaban J connectivity index is 1.43. The number of hydrogen-bond donors (Lipinski definition) is 9. The van der Waals surface area contributed by atoms with Gasteiger partial charge in [0.15, 0.2) is 6.29 Å². The molecule has 26 nitrogen and oxygen atoms in total. The molecule has 26 heteroatoms. The number of likely N-dealkylation sites (N-methyl/N-ethyl adjacent to an activating group) is 2. The highest BCUT2D eigenvalue weighted by Crippen LogP contribution is 2.30. The predicted molar refractivity (Wildman–Crippen MR) is 352 cm³/mol. The normalized spacial score (nSPS) is 19.0. The molecule has 0 aromatic heterocycles. The van der Waals surface area contributed by atoms with Crippen molar-refractivity contribution < 1.29 is 66.9 Å². The summed E-state index contributed by atoms with van der Waals surface area (Å²) in [5, 5.41) is 19.9. The zero-order chi connectivity index (χ0) is 69.2. The van der Waals surface area contributed by atoms with E-state index in [0.29, 0.717) is 49.9 Å². The van der Waals surface area contributed by atoms with Gasteiger partial charge in [0.1, 0.15) is 24.2 Å². The van der Waals surface area contributed by atoms with Crippen molar-refractivity contribution in [2.75, 3.05) is 67.0 Å². The number of nitrogens with two attached hydrogens (primary N) is 2. The van der Waals surface area contributed by atoms with Crippen LogP contribution in [0, 0.1) is 35.5 Å². The minimum atomic E-state index is -1.10. The minimum absolute atomic E-state index is 0.00473. The number of rotatable bonds is 38. The Morgan fingerprint density at radius 3 is 1.88 bits per heavy atom. The van der Waals surface area contributed by atoms with Gasteiger partial charge in [-0.1, -0.05) is 111 Å². The quantitative estimate of drug-likeness (QED) is 0.0436. The first-order chi connectivity index (χ1) is 44.0. The molecule has 11 N–H and O–H groups in total. The molecule has 2 aromatic carbocycles. The topological polar surface area (TPSA) is 354 Å². The van der Waals surface area contributed by atoms with E-state index in [1.807, 2.05) is 90.9 Å². The van der Waals surface area contributed by atoms with Gasteiger partial charge in [-0.3, -0.25) is 48.1 Å². The second-order valence-electron chi connectivity index (χ2n) is 26.0. The molecule has 0 unspecified atom stereocenters. The van der Waals surface area contributed by atoms with Crippen molar-refractivity contribution in [3.63, 3.8) is 0 Å². The van der Waals surface area contributed by atoms with Crippen molar-refractivity contribution in [3.8, 4) is 0 Å². The first-order valence-corrected chi connectivity index (χ1v) is 32.8. The Labute approximate surface area is 549 Å². The van der Waals surface area contributed by atoms with E-state index in [4.69, 9.17) is 30.4 Å². The molecule has 0 bridgehead atoms. The van der Waals surface area contributed by atoms with Crippen LogP contribution in [-0.2, 0) is 75.1 Å². The Bertz CT molecular complexity index is 2740. The maximum Gasteiger partial charge on any atom is 0.312 e. The van der Waals surface area contributed by atoms with E-state index in [0.717, 1.165) is 5.56 Å². The fourth-order valence-corrected chi connectivity index (χ4v) is 12.2. The van der Waals surface area contributed by atoms with Crippen molar-refractivity contribution in [2.45, 2.75) is 194 Å². The molecule has 2 saturated heterocycles. The van der Waals surface area contributed by atoms with Crippen LogP contribution in [0.2, 0.25) is 0 Å². The molecule has 93 heavy (non-hydrogen) atoms. The Kier molecular flexibility index (Phi) is 32.6. The van der Waals surface area contributed by atoms with E-state index in [-0.39, 0.29) is 99.8 Å². The van der Waals surface area contributed by atoms with Gasteiger partial charge in [-0.25, -0.2) is 4.79 Å². The molecular weight excluding hydrogens is 1200 g/mol. The lowest BCUT2D eigenvalue weighted by Gasteiger charge is -2.41. The number of ether oxygens (including phenoxy) is 4. The zero-order valence-electron chi connectivity index (χ0n) is 57.3. The lowest BCUT2D eigenvalue weighted by atomic mass is 9.89. The second-order valence-corrected chi connectivity index (χ2v) is 26.0. The van der Waals surface area contributed by atoms with Crippen molar-refractivity contribution in [2.24, 2.45) is 47.0 Å². The van der Waals surface area contributed by atoms with Crippen molar-refractivity contribution in [1.29, 1.82) is 0 Å². The molecule has 0 spiro atoms. The van der Waals surface area contributed by atoms with Crippen molar-refractivity contribution in [1.82, 2.24) is 46.6 Å². The standard InChI is InChI=1S/C67H108N12O14/c1-15-42(8)58(78(12)66(88)56(40(4)5)76-65(87)57(41(6)7)77(10)11)51(90-13)35-53(81)79-33-21-25-50(79)59(91-14)43(9)61(83)74-49(34-44-22-17-16-18-23-44)62(84)71-36-45-28-30-47(31-29-45)72-63(85)48(24-20-32-70-67(69)89)73-64(86)55(39(2)3)75-52(80)26-19-27-54-92-37-46(38-93-54)60(68)82/h16-18,22-23,28-31,39-43,46,48-51,54-59H,15,19-21,24-27,32-38H2,1-14H3,(H2,68,82)(H,71,84)(H,72,85)(H,73,86)(H,74,83)(H,75,80)(H,76,87)(H3,69,70,89)/t42-,43+,46?,48-,49-,50-,51+,54?,55-,56-,57-,58-,59+/m0/s1. The molecule has 4 rings (SSSR count). The largest absolute Gasteiger partial charge is 0.379 e. The van der Waals surface area contributed by atoms with Crippen LogP contribution < -0.4 is 48.7 Å². The van der Waals surface area contributed by atoms with E-state index in [1.54, 1.807) is 61.9 Å². The van der Waals surface area contributed by atoms with Crippen LogP contribution in [0.5, 0.6) is 0 Å². The maximum absolute atomic E-state index is 14.6. The van der Waals surface area contributed by atoms with Crippen molar-refractivity contribution in [3.05, 3.63) is 65.7 Å². The third-order valence-electron chi connectivity index (χ3n) is 17.6. The molecular formula is C67H108N12O14. The lowest BCUT2D eigenvalue weighted by Crippen LogP contribution is -2.59. The molecule has 2 heterocycles. The third-order valence-corrected chi connectivity index (χ3v) is 17.6. The molecule has 2 fully saturated rings. The number of nitrogens with one attached hydrogen (secondary N) is 7. The highest BCUT2D eigenvalue weighted by atomic mass is 16.7. The number of primary amides is 2. The van der Waals surface area contributed by atoms with Gasteiger partial charge in [0.2, 0.25) is 53.2 Å². The summed E-state index contributed by atoms with van der Waals surface area (Å²) in [4.78, 5) is 140. The lowest BCUT2D eigenvalue weighted by molar-refractivity contribution is -0.203. The highest BCUT2D eigenvalue weighted by Gasteiger charge is 2.44. The van der Waals surface area contributed by atoms with Gasteiger partial charge < -0.3 is 77.4 Å². The summed E-state index contributed by atoms with van der Waals surface area (Å²) in [6.07, 6.45) is 1.05. The van der Waals surface area contributed by atoms with Crippen molar-refractivity contribution >= 4 is 64.9 Å². The van der Waals surface area contributed by atoms with E-state index >= 15 is 0 Å². The number of urea groups is 1. The molecule has 0 aliphatic carbocycles. The van der Waals surface area contributed by atoms with E-state index in [9.17, 15) is 47.9 Å². The van der Waals surface area contributed by atoms with Crippen LogP contribution in [-0.4, -0.2) is 196 Å². The predicted octanol–water partition coefficient (Wildman–Crippen LogP) is 3.33. The Hall–Kier alpha value is -7.26. The number of amides is 11. The summed E-state index contributed by atoms with van der Waals surface area (Å²) >= 11 is 0. The van der Waals surface area contributed by atoms with Crippen LogP contribution in [0.4, 0.5) is 10.5 Å². The van der Waals surface area contributed by atoms with Gasteiger partial charge in [0.05, 0.1) is 61.8 Å². The summed E-state index contributed by atoms with van der Waals surface area (Å²) in [6, 6.07) is 9.74. The SMILES string of the molecule is CC[C@H](C)[C@@H]([C@@H](CC(=O)N1CCC[C@H]1[C@H](OC)[C@@H](C)C(=O)N[C@@H](Cc1ccccc1)C(=O)NCc1ccc(NC(=O)[C@H](CCCNC(N)=O)NC(=O)[C@@H](NC(=O)CCCC2OCC(C(N)=O)CO2)C(C)C)cc1)OC)N(C)C(=O)[C@@H](NC(=O)[C@H](C(C)C)N(C)C)C(C)C. The molecule has 2 aliphatic rings. The molecule has 520 valence electrons.